The van der Waals surface area contributed by atoms with Crippen molar-refractivity contribution in [3.63, 3.8) is 0 Å². The predicted octanol–water partition coefficient (Wildman–Crippen LogP) is 5.39. The van der Waals surface area contributed by atoms with Crippen LogP contribution in [-0.4, -0.2) is 23.1 Å². The molecule has 4 nitrogen and oxygen atoms in total. The summed E-state index contributed by atoms with van der Waals surface area (Å²) in [6, 6.07) is 11.1. The summed E-state index contributed by atoms with van der Waals surface area (Å²) in [5, 5.41) is 11.5. The summed E-state index contributed by atoms with van der Waals surface area (Å²) in [6.07, 6.45) is 1.74. The Kier molecular flexibility index (Phi) is 4.04. The van der Waals surface area contributed by atoms with E-state index < -0.39 is 0 Å². The number of rotatable bonds is 3. The normalized spacial score (nSPS) is 28.2. The first-order chi connectivity index (χ1) is 13.5. The van der Waals surface area contributed by atoms with Crippen LogP contribution < -0.4 is 4.74 Å². The van der Waals surface area contributed by atoms with Crippen LogP contribution in [0.4, 0.5) is 0 Å². The summed E-state index contributed by atoms with van der Waals surface area (Å²) in [5.74, 6) is 1.04. The molecule has 0 spiro atoms. The average molecular weight is 397 g/mol. The van der Waals surface area contributed by atoms with Crippen molar-refractivity contribution >= 4 is 23.0 Å². The van der Waals surface area contributed by atoms with Gasteiger partial charge in [0.1, 0.15) is 17.3 Å². The van der Waals surface area contributed by atoms with E-state index in [2.05, 4.69) is 0 Å². The van der Waals surface area contributed by atoms with Crippen LogP contribution >= 0.6 is 11.6 Å². The van der Waals surface area contributed by atoms with Gasteiger partial charge in [-0.15, -0.1) is 0 Å². The molecular formula is C23H21ClO4. The van der Waals surface area contributed by atoms with Crippen LogP contribution in [0.1, 0.15) is 29.5 Å². The molecule has 0 radical (unpaired) electrons. The SMILES string of the molecule is Cc1cc(Oc2ccccc2Cl)cc(C)c1C1=C(O)[C@H]2[C@@H](C1=O)[C@H]1CC[C@@H]2O1. The molecule has 2 bridgehead atoms. The number of allylic oxidation sites excluding steroid dienone is 1. The third kappa shape index (κ3) is 2.51. The van der Waals surface area contributed by atoms with Crippen LogP contribution in [0.2, 0.25) is 5.02 Å². The number of Topliss-reactive ketones (excluding diaryl/α,β-unsaturated/α-hetero) is 1. The van der Waals surface area contributed by atoms with E-state index in [1.54, 1.807) is 6.07 Å². The number of fused-ring (bicyclic) bond motifs is 5. The molecule has 2 aliphatic heterocycles. The van der Waals surface area contributed by atoms with Crippen molar-refractivity contribution in [1.82, 2.24) is 0 Å². The lowest BCUT2D eigenvalue weighted by Crippen LogP contribution is -2.29. The first-order valence-corrected chi connectivity index (χ1v) is 10.0. The Bertz CT molecular complexity index is 1000. The van der Waals surface area contributed by atoms with Gasteiger partial charge in [-0.3, -0.25) is 4.79 Å². The maximum Gasteiger partial charge on any atom is 0.173 e. The summed E-state index contributed by atoms with van der Waals surface area (Å²) >= 11 is 6.19. The molecule has 0 unspecified atom stereocenters. The Hall–Kier alpha value is -2.30. The lowest BCUT2D eigenvalue weighted by atomic mass is 9.80. The third-order valence-electron chi connectivity index (χ3n) is 6.21. The molecule has 28 heavy (non-hydrogen) atoms. The lowest BCUT2D eigenvalue weighted by Gasteiger charge is -2.19. The zero-order valence-electron chi connectivity index (χ0n) is 15.7. The number of carbonyl (C=O) groups is 1. The fourth-order valence-corrected chi connectivity index (χ4v) is 5.27. The molecule has 1 aliphatic carbocycles. The molecule has 2 heterocycles. The van der Waals surface area contributed by atoms with Crippen LogP contribution in [0.5, 0.6) is 11.5 Å². The lowest BCUT2D eigenvalue weighted by molar-refractivity contribution is -0.118. The summed E-state index contributed by atoms with van der Waals surface area (Å²) in [5.41, 5.74) is 3.06. The topological polar surface area (TPSA) is 55.8 Å². The molecule has 2 aromatic carbocycles. The molecule has 2 fully saturated rings. The highest BCUT2D eigenvalue weighted by Gasteiger charge is 2.59. The summed E-state index contributed by atoms with van der Waals surface area (Å²) in [6.45, 7) is 3.88. The maximum absolute atomic E-state index is 13.2. The molecule has 144 valence electrons. The minimum atomic E-state index is -0.230. The summed E-state index contributed by atoms with van der Waals surface area (Å²) < 4.78 is 11.8. The van der Waals surface area contributed by atoms with Gasteiger partial charge in [-0.25, -0.2) is 0 Å². The second-order valence-electron chi connectivity index (χ2n) is 7.93. The van der Waals surface area contributed by atoms with Crippen molar-refractivity contribution in [2.45, 2.75) is 38.9 Å². The van der Waals surface area contributed by atoms with Gasteiger partial charge >= 0.3 is 0 Å². The molecule has 0 amide bonds. The number of ketones is 1. The largest absolute Gasteiger partial charge is 0.511 e. The Labute approximate surface area is 168 Å². The molecule has 3 aliphatic rings. The predicted molar refractivity (Wildman–Crippen MR) is 107 cm³/mol. The summed E-state index contributed by atoms with van der Waals surface area (Å²) in [4.78, 5) is 13.2. The first kappa shape index (κ1) is 17.8. The molecule has 0 saturated carbocycles. The van der Waals surface area contributed by atoms with Crippen LogP contribution in [-0.2, 0) is 9.53 Å². The van der Waals surface area contributed by atoms with Gasteiger partial charge in [0.15, 0.2) is 5.78 Å². The van der Waals surface area contributed by atoms with Gasteiger partial charge in [-0.05, 0) is 67.6 Å². The van der Waals surface area contributed by atoms with E-state index in [9.17, 15) is 9.90 Å². The number of hydrogen-bond acceptors (Lipinski definition) is 4. The molecule has 5 rings (SSSR count). The molecule has 4 atom stereocenters. The van der Waals surface area contributed by atoms with E-state index in [1.807, 2.05) is 44.2 Å². The van der Waals surface area contributed by atoms with Gasteiger partial charge < -0.3 is 14.6 Å². The smallest absolute Gasteiger partial charge is 0.173 e. The second-order valence-corrected chi connectivity index (χ2v) is 8.34. The Morgan fingerprint density at radius 3 is 2.36 bits per heavy atom. The van der Waals surface area contributed by atoms with E-state index in [0.29, 0.717) is 22.1 Å². The van der Waals surface area contributed by atoms with E-state index in [4.69, 9.17) is 21.1 Å². The average Bonchev–Trinajstić information content (AvgIpc) is 3.33. The number of aryl methyl sites for hydroxylation is 2. The fraction of sp³-hybridized carbons (Fsp3) is 0.348. The van der Waals surface area contributed by atoms with Gasteiger partial charge in [0.05, 0.1) is 34.6 Å². The number of halogens is 1. The second kappa shape index (κ2) is 6.36. The monoisotopic (exact) mass is 396 g/mol. The van der Waals surface area contributed by atoms with Crippen molar-refractivity contribution in [3.8, 4) is 11.5 Å². The van der Waals surface area contributed by atoms with E-state index in [-0.39, 0.29) is 35.6 Å². The van der Waals surface area contributed by atoms with Gasteiger partial charge in [0, 0.05) is 0 Å². The Balaban J connectivity index is 1.53. The number of benzene rings is 2. The van der Waals surface area contributed by atoms with Crippen LogP contribution in [0.3, 0.4) is 0 Å². The van der Waals surface area contributed by atoms with Gasteiger partial charge in [0.25, 0.3) is 0 Å². The van der Waals surface area contributed by atoms with Crippen LogP contribution in [0.25, 0.3) is 5.57 Å². The van der Waals surface area contributed by atoms with Gasteiger partial charge in [-0.1, -0.05) is 23.7 Å². The highest BCUT2D eigenvalue weighted by atomic mass is 35.5. The molecular weight excluding hydrogens is 376 g/mol. The van der Waals surface area contributed by atoms with E-state index in [1.165, 1.54) is 0 Å². The van der Waals surface area contributed by atoms with Crippen molar-refractivity contribution in [3.05, 3.63) is 63.9 Å². The third-order valence-corrected chi connectivity index (χ3v) is 6.53. The van der Waals surface area contributed by atoms with E-state index >= 15 is 0 Å². The first-order valence-electron chi connectivity index (χ1n) is 9.62. The number of para-hydroxylation sites is 1. The van der Waals surface area contributed by atoms with Gasteiger partial charge in [0.2, 0.25) is 0 Å². The summed E-state index contributed by atoms with van der Waals surface area (Å²) in [7, 11) is 0. The molecule has 2 saturated heterocycles. The molecule has 0 aromatic heterocycles. The Morgan fingerprint density at radius 1 is 1.07 bits per heavy atom. The molecule has 1 N–H and O–H groups in total. The maximum atomic E-state index is 13.2. The number of carbonyl (C=O) groups excluding carboxylic acids is 1. The fourth-order valence-electron chi connectivity index (χ4n) is 5.10. The Morgan fingerprint density at radius 2 is 1.71 bits per heavy atom. The molecule has 2 aromatic rings. The highest BCUT2D eigenvalue weighted by molar-refractivity contribution is 6.32. The van der Waals surface area contributed by atoms with Crippen LogP contribution in [0.15, 0.2) is 42.2 Å². The zero-order valence-corrected chi connectivity index (χ0v) is 16.5. The van der Waals surface area contributed by atoms with Crippen molar-refractivity contribution in [2.75, 3.05) is 0 Å². The number of aliphatic hydroxyl groups is 1. The van der Waals surface area contributed by atoms with Crippen molar-refractivity contribution in [2.24, 2.45) is 11.8 Å². The van der Waals surface area contributed by atoms with Crippen molar-refractivity contribution in [1.29, 1.82) is 0 Å². The van der Waals surface area contributed by atoms with Crippen LogP contribution in [0, 0.1) is 25.7 Å². The number of aliphatic hydroxyl groups excluding tert-OH is 1. The van der Waals surface area contributed by atoms with Gasteiger partial charge in [-0.2, -0.15) is 0 Å². The number of ether oxygens (including phenoxy) is 2. The minimum Gasteiger partial charge on any atom is -0.511 e. The minimum absolute atomic E-state index is 0.0145. The quantitative estimate of drug-likeness (QED) is 0.755. The number of hydrogen-bond donors (Lipinski definition) is 1. The molecule has 5 heteroatoms. The zero-order chi connectivity index (χ0) is 19.6. The van der Waals surface area contributed by atoms with E-state index in [0.717, 1.165) is 29.5 Å². The highest BCUT2D eigenvalue weighted by Crippen LogP contribution is 2.54. The van der Waals surface area contributed by atoms with Crippen molar-refractivity contribution < 1.29 is 19.4 Å². The standard InChI is InChI=1S/C23H21ClO4/c1-11-9-13(27-15-6-4-3-5-14(15)24)10-12(2)18(11)21-22(25)19-16-7-8-17(28-16)20(19)23(21)26/h3-6,9-10,16-17,19-20,25H,7-8H2,1-2H3/t16-,17+,19+,20-/m0/s1.